The maximum atomic E-state index is 13.1. The van der Waals surface area contributed by atoms with E-state index in [1.165, 1.54) is 19.4 Å². The normalized spacial score (nSPS) is 13.5. The van der Waals surface area contributed by atoms with Crippen molar-refractivity contribution in [3.8, 4) is 23.0 Å². The minimum atomic E-state index is -0.261. The summed E-state index contributed by atoms with van der Waals surface area (Å²) in [5.74, 6) is 1.97. The molecule has 1 heterocycles. The molecule has 0 radical (unpaired) electrons. The summed E-state index contributed by atoms with van der Waals surface area (Å²) in [7, 11) is 3.17. The molecule has 48 heavy (non-hydrogen) atoms. The van der Waals surface area contributed by atoms with E-state index in [1.807, 2.05) is 12.1 Å². The monoisotopic (exact) mass is 660 g/mol. The first-order chi connectivity index (χ1) is 23.4. The van der Waals surface area contributed by atoms with Gasteiger partial charge in [-0.1, -0.05) is 39.2 Å². The number of benzene rings is 3. The van der Waals surface area contributed by atoms with Crippen molar-refractivity contribution in [3.05, 3.63) is 71.8 Å². The lowest BCUT2D eigenvalue weighted by atomic mass is 10.1. The van der Waals surface area contributed by atoms with Gasteiger partial charge in [0, 0.05) is 42.6 Å². The van der Waals surface area contributed by atoms with Crippen LogP contribution in [0.15, 0.2) is 60.7 Å². The van der Waals surface area contributed by atoms with Gasteiger partial charge in [0.05, 0.1) is 26.9 Å². The molecule has 4 rings (SSSR count). The van der Waals surface area contributed by atoms with E-state index in [9.17, 15) is 9.59 Å². The summed E-state index contributed by atoms with van der Waals surface area (Å²) >= 11 is 0. The predicted octanol–water partition coefficient (Wildman–Crippen LogP) is 7.88. The second-order valence-electron chi connectivity index (χ2n) is 12.1. The zero-order valence-electron chi connectivity index (χ0n) is 28.9. The number of nitrogens with one attached hydrogen (secondary N) is 3. The van der Waals surface area contributed by atoms with Crippen molar-refractivity contribution in [2.75, 3.05) is 57.6 Å². The van der Waals surface area contributed by atoms with Crippen LogP contribution in [-0.4, -0.2) is 69.9 Å². The van der Waals surface area contributed by atoms with E-state index in [-0.39, 0.29) is 11.9 Å². The molecule has 0 bridgehead atoms. The fourth-order valence-corrected chi connectivity index (χ4v) is 5.63. The van der Waals surface area contributed by atoms with Gasteiger partial charge >= 0.3 is 6.03 Å². The van der Waals surface area contributed by atoms with Crippen molar-refractivity contribution < 1.29 is 28.5 Å². The van der Waals surface area contributed by atoms with E-state index in [0.717, 1.165) is 57.2 Å². The van der Waals surface area contributed by atoms with Crippen molar-refractivity contribution in [1.29, 1.82) is 0 Å². The van der Waals surface area contributed by atoms with Crippen LogP contribution < -0.4 is 30.2 Å². The second-order valence-corrected chi connectivity index (χ2v) is 12.1. The molecule has 10 heteroatoms. The molecule has 1 aliphatic heterocycles. The molecule has 0 aromatic heterocycles. The number of amides is 3. The van der Waals surface area contributed by atoms with Crippen LogP contribution >= 0.6 is 0 Å². The maximum absolute atomic E-state index is 13.1. The zero-order valence-corrected chi connectivity index (χ0v) is 28.9. The Hall–Kier alpha value is -4.28. The number of nitrogens with zero attached hydrogens (tertiary/aromatic N) is 1. The number of carbonyl (C=O) groups excluding carboxylic acids is 2. The minimum Gasteiger partial charge on any atom is -0.496 e. The van der Waals surface area contributed by atoms with Crippen molar-refractivity contribution in [2.45, 2.75) is 71.3 Å². The lowest BCUT2D eigenvalue weighted by molar-refractivity contribution is 0.00874. The first-order valence-corrected chi connectivity index (χ1v) is 17.2. The van der Waals surface area contributed by atoms with E-state index >= 15 is 0 Å². The third kappa shape index (κ3) is 11.5. The van der Waals surface area contributed by atoms with Crippen LogP contribution in [0.2, 0.25) is 0 Å². The number of likely N-dealkylation sites (tertiary alicyclic amines) is 1. The number of piperidine rings is 1. The second kappa shape index (κ2) is 19.5. The number of hydrogen-bond donors (Lipinski definition) is 3. The van der Waals surface area contributed by atoms with Gasteiger partial charge in [0.15, 0.2) is 11.5 Å². The fraction of sp³-hybridized carbons (Fsp3) is 0.474. The molecule has 1 fully saturated rings. The van der Waals surface area contributed by atoms with Gasteiger partial charge in [0.2, 0.25) is 0 Å². The number of hydrogen-bond acceptors (Lipinski definition) is 7. The number of urea groups is 1. The van der Waals surface area contributed by atoms with E-state index in [1.54, 1.807) is 62.8 Å². The van der Waals surface area contributed by atoms with Crippen LogP contribution in [0.4, 0.5) is 16.2 Å². The quantitative estimate of drug-likeness (QED) is 0.119. The van der Waals surface area contributed by atoms with Crippen LogP contribution in [0.3, 0.4) is 0 Å². The van der Waals surface area contributed by atoms with Crippen molar-refractivity contribution in [1.82, 2.24) is 10.2 Å². The Bertz CT molecular complexity index is 1440. The number of unbranched alkanes of at least 4 members (excludes halogenated alkanes) is 3. The molecule has 0 spiro atoms. The smallest absolute Gasteiger partial charge is 0.319 e. The van der Waals surface area contributed by atoms with E-state index in [2.05, 4.69) is 34.7 Å². The summed E-state index contributed by atoms with van der Waals surface area (Å²) < 4.78 is 23.4. The number of carbonyl (C=O) groups is 2. The van der Waals surface area contributed by atoms with Crippen LogP contribution in [0, 0.1) is 0 Å². The predicted molar refractivity (Wildman–Crippen MR) is 191 cm³/mol. The first kappa shape index (κ1) is 36.6. The van der Waals surface area contributed by atoms with Crippen LogP contribution in [0.1, 0.15) is 74.7 Å². The summed E-state index contributed by atoms with van der Waals surface area (Å²) in [5.41, 5.74) is 2.74. The molecule has 1 aliphatic rings. The van der Waals surface area contributed by atoms with Crippen molar-refractivity contribution in [2.24, 2.45) is 0 Å². The van der Waals surface area contributed by atoms with E-state index in [0.29, 0.717) is 59.2 Å². The molecule has 0 unspecified atom stereocenters. The highest BCUT2D eigenvalue weighted by Crippen LogP contribution is 2.34. The Kier molecular flexibility index (Phi) is 14.9. The average Bonchev–Trinajstić information content (AvgIpc) is 3.11. The van der Waals surface area contributed by atoms with Crippen molar-refractivity contribution >= 4 is 23.3 Å². The van der Waals surface area contributed by atoms with E-state index in [4.69, 9.17) is 18.9 Å². The Labute approximate surface area is 285 Å². The van der Waals surface area contributed by atoms with Gasteiger partial charge in [-0.25, -0.2) is 4.79 Å². The molecular formula is C38H52N4O6. The van der Waals surface area contributed by atoms with E-state index < -0.39 is 0 Å². The van der Waals surface area contributed by atoms with Gasteiger partial charge in [-0.2, -0.15) is 0 Å². The molecular weight excluding hydrogens is 608 g/mol. The fourth-order valence-electron chi connectivity index (χ4n) is 5.63. The summed E-state index contributed by atoms with van der Waals surface area (Å²) in [6.45, 7) is 9.01. The highest BCUT2D eigenvalue weighted by molar-refractivity contribution is 6.04. The summed E-state index contributed by atoms with van der Waals surface area (Å²) in [6, 6.07) is 17.6. The van der Waals surface area contributed by atoms with Crippen LogP contribution in [-0.2, 0) is 11.2 Å². The highest BCUT2D eigenvalue weighted by atomic mass is 16.5. The van der Waals surface area contributed by atoms with Crippen molar-refractivity contribution in [3.63, 3.8) is 0 Å². The summed E-state index contributed by atoms with van der Waals surface area (Å²) in [6.07, 6.45) is 8.79. The van der Waals surface area contributed by atoms with Crippen LogP contribution in [0.5, 0.6) is 23.0 Å². The molecule has 0 aliphatic carbocycles. The first-order valence-electron chi connectivity index (χ1n) is 17.2. The standard InChI is InChI=1S/C38H52N4O6/c1-5-7-9-21-39-38(44)41-31-14-17-34(36(27-31)46-4)48-33-15-12-30(13-16-33)40-37(43)29-11-10-28(35(26-29)45-3)20-25-47-32-18-23-42(24-19-32)22-8-6-2/h10-17,26-27,32H,5-9,18-25H2,1-4H3,(H,40,43)(H2,39,41,44). The number of anilines is 2. The molecule has 260 valence electrons. The summed E-state index contributed by atoms with van der Waals surface area (Å²) in [4.78, 5) is 27.8. The molecule has 3 amide bonds. The lowest BCUT2D eigenvalue weighted by Gasteiger charge is -2.31. The number of ether oxygens (including phenoxy) is 4. The molecule has 3 aromatic rings. The summed E-state index contributed by atoms with van der Waals surface area (Å²) in [5, 5.41) is 8.62. The van der Waals surface area contributed by atoms with Gasteiger partial charge in [-0.05, 0) is 92.7 Å². The molecule has 1 saturated heterocycles. The molecule has 0 atom stereocenters. The molecule has 3 aromatic carbocycles. The Balaban J connectivity index is 1.26. The van der Waals surface area contributed by atoms with Gasteiger partial charge in [-0.15, -0.1) is 0 Å². The molecule has 0 saturated carbocycles. The number of rotatable bonds is 18. The van der Waals surface area contributed by atoms with Gasteiger partial charge in [-0.3, -0.25) is 4.79 Å². The highest BCUT2D eigenvalue weighted by Gasteiger charge is 2.19. The van der Waals surface area contributed by atoms with Gasteiger partial charge in [0.25, 0.3) is 5.91 Å². The van der Waals surface area contributed by atoms with Gasteiger partial charge in [0.1, 0.15) is 11.5 Å². The molecule has 10 nitrogen and oxygen atoms in total. The molecule has 3 N–H and O–H groups in total. The topological polar surface area (TPSA) is 110 Å². The van der Waals surface area contributed by atoms with Crippen LogP contribution in [0.25, 0.3) is 0 Å². The maximum Gasteiger partial charge on any atom is 0.319 e. The third-order valence-corrected chi connectivity index (χ3v) is 8.46. The third-order valence-electron chi connectivity index (χ3n) is 8.46. The minimum absolute atomic E-state index is 0.237. The Morgan fingerprint density at radius 1 is 0.792 bits per heavy atom. The SMILES string of the molecule is CCCCCNC(=O)Nc1ccc(Oc2ccc(NC(=O)c3ccc(CCOC4CCN(CCCC)CC4)c(OC)c3)cc2)c(OC)c1. The Morgan fingerprint density at radius 3 is 2.23 bits per heavy atom. The number of methoxy groups -OCH3 is 2. The largest absolute Gasteiger partial charge is 0.496 e. The Morgan fingerprint density at radius 2 is 1.52 bits per heavy atom. The lowest BCUT2D eigenvalue weighted by Crippen LogP contribution is -2.37. The average molecular weight is 661 g/mol. The zero-order chi connectivity index (χ0) is 34.1. The van der Waals surface area contributed by atoms with Gasteiger partial charge < -0.3 is 39.8 Å².